The predicted molar refractivity (Wildman–Crippen MR) is 82.1 cm³/mol. The summed E-state index contributed by atoms with van der Waals surface area (Å²) in [5.74, 6) is -1.95. The molecule has 2 aromatic rings. The van der Waals surface area contributed by atoms with Crippen molar-refractivity contribution in [3.8, 4) is 5.88 Å². The highest BCUT2D eigenvalue weighted by molar-refractivity contribution is 6.00. The lowest BCUT2D eigenvalue weighted by molar-refractivity contribution is 0.0366. The summed E-state index contributed by atoms with van der Waals surface area (Å²) >= 11 is 0. The van der Waals surface area contributed by atoms with Crippen molar-refractivity contribution >= 4 is 11.8 Å². The molecule has 0 saturated carbocycles. The molecule has 0 spiro atoms. The van der Waals surface area contributed by atoms with Crippen molar-refractivity contribution in [1.82, 2.24) is 9.13 Å². The van der Waals surface area contributed by atoms with Crippen LogP contribution in [-0.4, -0.2) is 26.0 Å². The van der Waals surface area contributed by atoms with Crippen molar-refractivity contribution in [3.63, 3.8) is 0 Å². The Morgan fingerprint density at radius 2 is 1.83 bits per heavy atom. The first kappa shape index (κ1) is 15.7. The van der Waals surface area contributed by atoms with Crippen molar-refractivity contribution in [2.75, 3.05) is 0 Å². The molecule has 1 aliphatic rings. The number of carbonyl (C=O) groups excluding carboxylic acids is 2. The van der Waals surface area contributed by atoms with Crippen LogP contribution in [0.1, 0.15) is 38.8 Å². The van der Waals surface area contributed by atoms with Crippen molar-refractivity contribution in [2.24, 2.45) is 14.1 Å². The SMILES string of the molecule is Cn1c(O)c(C(=O)C[C@@H]2OC(=O)c3ccccc32)c(=O)n(C)c1=O. The molecule has 0 fully saturated rings. The molecule has 124 valence electrons. The summed E-state index contributed by atoms with van der Waals surface area (Å²) in [6.45, 7) is 0. The van der Waals surface area contributed by atoms with Gasteiger partial charge in [0, 0.05) is 19.7 Å². The van der Waals surface area contributed by atoms with Gasteiger partial charge in [-0.25, -0.2) is 9.59 Å². The molecule has 1 aromatic heterocycles. The van der Waals surface area contributed by atoms with Crippen LogP contribution in [-0.2, 0) is 18.8 Å². The second kappa shape index (κ2) is 5.48. The number of hydrogen-bond donors (Lipinski definition) is 1. The van der Waals surface area contributed by atoms with Crippen LogP contribution in [0.4, 0.5) is 0 Å². The minimum Gasteiger partial charge on any atom is -0.494 e. The number of ether oxygens (including phenoxy) is 1. The average molecular weight is 330 g/mol. The molecule has 0 aliphatic carbocycles. The lowest BCUT2D eigenvalue weighted by Gasteiger charge is -2.12. The van der Waals surface area contributed by atoms with E-state index in [0.29, 0.717) is 11.1 Å². The van der Waals surface area contributed by atoms with Crippen LogP contribution in [0.2, 0.25) is 0 Å². The van der Waals surface area contributed by atoms with Gasteiger partial charge in [-0.1, -0.05) is 18.2 Å². The van der Waals surface area contributed by atoms with E-state index in [2.05, 4.69) is 0 Å². The van der Waals surface area contributed by atoms with Gasteiger partial charge in [-0.05, 0) is 6.07 Å². The Labute approximate surface area is 135 Å². The molecule has 0 saturated heterocycles. The molecule has 1 aromatic carbocycles. The molecular formula is C16H14N2O6. The Hall–Kier alpha value is -3.16. The highest BCUT2D eigenvalue weighted by atomic mass is 16.5. The molecule has 8 heteroatoms. The van der Waals surface area contributed by atoms with Gasteiger partial charge in [-0.2, -0.15) is 0 Å². The van der Waals surface area contributed by atoms with Gasteiger partial charge in [0.25, 0.3) is 5.56 Å². The highest BCUT2D eigenvalue weighted by Crippen LogP contribution is 2.33. The first-order chi connectivity index (χ1) is 11.3. The van der Waals surface area contributed by atoms with Crippen LogP contribution in [0.5, 0.6) is 5.88 Å². The van der Waals surface area contributed by atoms with Gasteiger partial charge in [-0.15, -0.1) is 0 Å². The first-order valence-electron chi connectivity index (χ1n) is 7.15. The number of rotatable bonds is 3. The zero-order valence-electron chi connectivity index (χ0n) is 13.0. The fourth-order valence-electron chi connectivity index (χ4n) is 2.72. The number of benzene rings is 1. The summed E-state index contributed by atoms with van der Waals surface area (Å²) in [6, 6.07) is 6.64. The topological polar surface area (TPSA) is 108 Å². The monoisotopic (exact) mass is 330 g/mol. The predicted octanol–water partition coefficient (Wildman–Crippen LogP) is 0.274. The summed E-state index contributed by atoms with van der Waals surface area (Å²) in [6.07, 6.45) is -1.13. The Balaban J connectivity index is 2.00. The van der Waals surface area contributed by atoms with Gasteiger partial charge in [0.2, 0.25) is 5.88 Å². The van der Waals surface area contributed by atoms with Gasteiger partial charge < -0.3 is 9.84 Å². The number of Topliss-reactive ketones (excluding diaryl/α,β-unsaturated/α-hetero) is 1. The van der Waals surface area contributed by atoms with Crippen molar-refractivity contribution in [2.45, 2.75) is 12.5 Å². The summed E-state index contributed by atoms with van der Waals surface area (Å²) in [5, 5.41) is 10.00. The first-order valence-corrected chi connectivity index (χ1v) is 7.15. The van der Waals surface area contributed by atoms with E-state index in [1.165, 1.54) is 14.1 Å². The molecule has 0 amide bonds. The van der Waals surface area contributed by atoms with E-state index in [-0.39, 0.29) is 6.42 Å². The maximum Gasteiger partial charge on any atom is 0.339 e. The smallest absolute Gasteiger partial charge is 0.339 e. The largest absolute Gasteiger partial charge is 0.494 e. The second-order valence-electron chi connectivity index (χ2n) is 5.51. The second-order valence-corrected chi connectivity index (χ2v) is 5.51. The molecule has 3 rings (SSSR count). The van der Waals surface area contributed by atoms with Crippen LogP contribution < -0.4 is 11.2 Å². The van der Waals surface area contributed by atoms with E-state index < -0.39 is 40.5 Å². The standard InChI is InChI=1S/C16H14N2O6/c1-17-13(20)12(14(21)18(2)16(17)23)10(19)7-11-8-5-3-4-6-9(8)15(22)24-11/h3-6,11,20H,7H2,1-2H3/t11-/m0/s1. The summed E-state index contributed by atoms with van der Waals surface area (Å²) in [4.78, 5) is 48.2. The Morgan fingerprint density at radius 1 is 1.17 bits per heavy atom. The van der Waals surface area contributed by atoms with Crippen molar-refractivity contribution < 1.29 is 19.4 Å². The maximum absolute atomic E-state index is 12.5. The van der Waals surface area contributed by atoms with E-state index in [1.807, 2.05) is 0 Å². The number of cyclic esters (lactones) is 1. The summed E-state index contributed by atoms with van der Waals surface area (Å²) in [7, 11) is 2.46. The van der Waals surface area contributed by atoms with Gasteiger partial charge in [0.1, 0.15) is 11.7 Å². The molecule has 2 heterocycles. The third-order valence-electron chi connectivity index (χ3n) is 4.06. The van der Waals surface area contributed by atoms with Crippen LogP contribution in [0.15, 0.2) is 33.9 Å². The Morgan fingerprint density at radius 3 is 2.54 bits per heavy atom. The van der Waals surface area contributed by atoms with Crippen LogP contribution in [0, 0.1) is 0 Å². The number of hydrogen-bond acceptors (Lipinski definition) is 6. The number of ketones is 1. The minimum atomic E-state index is -0.891. The minimum absolute atomic E-state index is 0.302. The van der Waals surface area contributed by atoms with E-state index in [9.17, 15) is 24.3 Å². The third kappa shape index (κ3) is 2.23. The lowest BCUT2D eigenvalue weighted by Crippen LogP contribution is -2.40. The number of nitrogens with zero attached hydrogens (tertiary/aromatic N) is 2. The molecule has 0 radical (unpaired) electrons. The molecule has 8 nitrogen and oxygen atoms in total. The quantitative estimate of drug-likeness (QED) is 0.639. The van der Waals surface area contributed by atoms with Gasteiger partial charge in [-0.3, -0.25) is 18.7 Å². The highest BCUT2D eigenvalue weighted by Gasteiger charge is 2.34. The number of fused-ring (bicyclic) bond motifs is 1. The molecule has 0 bridgehead atoms. The molecule has 24 heavy (non-hydrogen) atoms. The zero-order valence-corrected chi connectivity index (χ0v) is 13.0. The Bertz CT molecular complexity index is 985. The van der Waals surface area contributed by atoms with E-state index in [1.54, 1.807) is 24.3 Å². The third-order valence-corrected chi connectivity index (χ3v) is 4.06. The fraction of sp³-hybridized carbons (Fsp3) is 0.250. The molecule has 1 atom stereocenters. The summed E-state index contributed by atoms with van der Waals surface area (Å²) in [5.41, 5.74) is -1.21. The zero-order chi connectivity index (χ0) is 17.6. The maximum atomic E-state index is 12.5. The van der Waals surface area contributed by atoms with E-state index in [0.717, 1.165) is 9.13 Å². The van der Waals surface area contributed by atoms with Crippen LogP contribution in [0.25, 0.3) is 0 Å². The molecule has 1 N–H and O–H groups in total. The fourth-order valence-corrected chi connectivity index (χ4v) is 2.72. The van der Waals surface area contributed by atoms with Crippen LogP contribution in [0.3, 0.4) is 0 Å². The summed E-state index contributed by atoms with van der Waals surface area (Å²) < 4.78 is 6.72. The lowest BCUT2D eigenvalue weighted by atomic mass is 9.99. The number of esters is 1. The van der Waals surface area contributed by atoms with Crippen LogP contribution >= 0.6 is 0 Å². The number of aromatic nitrogens is 2. The molecular weight excluding hydrogens is 316 g/mol. The number of carbonyl (C=O) groups is 2. The normalized spacial score (nSPS) is 15.9. The van der Waals surface area contributed by atoms with Crippen molar-refractivity contribution in [3.05, 3.63) is 61.8 Å². The number of aromatic hydroxyl groups is 1. The van der Waals surface area contributed by atoms with Gasteiger partial charge in [0.15, 0.2) is 5.78 Å². The Kier molecular flexibility index (Phi) is 3.59. The van der Waals surface area contributed by atoms with E-state index in [4.69, 9.17) is 4.74 Å². The van der Waals surface area contributed by atoms with E-state index >= 15 is 0 Å². The van der Waals surface area contributed by atoms with Gasteiger partial charge in [0.05, 0.1) is 12.0 Å². The van der Waals surface area contributed by atoms with Gasteiger partial charge >= 0.3 is 11.7 Å². The average Bonchev–Trinajstić information content (AvgIpc) is 2.88. The van der Waals surface area contributed by atoms with Crippen molar-refractivity contribution in [1.29, 1.82) is 0 Å². The molecule has 0 unspecified atom stereocenters. The molecule has 1 aliphatic heterocycles.